The molecule has 0 saturated carbocycles. The second kappa shape index (κ2) is 9.71. The smallest absolute Gasteiger partial charge is 0.146 e. The van der Waals surface area contributed by atoms with Crippen molar-refractivity contribution in [2.45, 2.75) is 0 Å². The Morgan fingerprint density at radius 1 is 0.571 bits per heavy atom. The fourth-order valence-corrected chi connectivity index (χ4v) is 3.06. The molecule has 0 N–H and O–H groups in total. The molecule has 28 heavy (non-hydrogen) atoms. The van der Waals surface area contributed by atoms with Gasteiger partial charge >= 0.3 is 0 Å². The van der Waals surface area contributed by atoms with Gasteiger partial charge in [0.25, 0.3) is 0 Å². The fourth-order valence-electron chi connectivity index (χ4n) is 1.98. The maximum Gasteiger partial charge on any atom is 0.146 e. The van der Waals surface area contributed by atoms with Crippen molar-refractivity contribution in [1.29, 1.82) is 0 Å². The molecule has 0 spiro atoms. The predicted molar refractivity (Wildman–Crippen MR) is 114 cm³/mol. The minimum absolute atomic E-state index is 0.157. The van der Waals surface area contributed by atoms with E-state index < -0.39 is 0 Å². The van der Waals surface area contributed by atoms with E-state index in [2.05, 4.69) is 20.4 Å². The molecule has 2 aromatic heterocycles. The van der Waals surface area contributed by atoms with Gasteiger partial charge in [0.05, 0.1) is 57.5 Å². The van der Waals surface area contributed by atoms with Crippen LogP contribution in [0.4, 0.5) is 0 Å². The Labute approximate surface area is 179 Å². The minimum atomic E-state index is 0.157. The van der Waals surface area contributed by atoms with Gasteiger partial charge in [0.15, 0.2) is 0 Å². The zero-order valence-electron chi connectivity index (χ0n) is 13.9. The number of furan rings is 2. The molecule has 0 fully saturated rings. The molecule has 1 aromatic carbocycles. The second-order valence-electron chi connectivity index (χ2n) is 5.09. The van der Waals surface area contributed by atoms with Gasteiger partial charge in [0, 0.05) is 11.1 Å². The van der Waals surface area contributed by atoms with Crippen LogP contribution in [-0.4, -0.2) is 24.9 Å². The Balaban J connectivity index is 1.82. The van der Waals surface area contributed by atoms with Crippen LogP contribution in [0.15, 0.2) is 66.0 Å². The van der Waals surface area contributed by atoms with Crippen LogP contribution < -0.4 is 0 Å². The molecule has 6 nitrogen and oxygen atoms in total. The highest BCUT2D eigenvalue weighted by molar-refractivity contribution is 6.51. The first-order valence-corrected chi connectivity index (χ1v) is 9.15. The SMILES string of the molecule is Clc1c(Cl)c(/C=N/N=C\c2ccco2)c(Cl)c(Cl)c1/C=N\N=C\c1ccco1. The fraction of sp³-hybridized carbons (Fsp3) is 0. The summed E-state index contributed by atoms with van der Waals surface area (Å²) in [6.45, 7) is 0. The van der Waals surface area contributed by atoms with Crippen molar-refractivity contribution < 1.29 is 8.83 Å². The van der Waals surface area contributed by atoms with Gasteiger partial charge in [0.2, 0.25) is 0 Å². The summed E-state index contributed by atoms with van der Waals surface area (Å²) in [6, 6.07) is 6.93. The van der Waals surface area contributed by atoms with Crippen molar-refractivity contribution in [3.05, 3.63) is 79.5 Å². The number of hydrogen-bond acceptors (Lipinski definition) is 6. The van der Waals surface area contributed by atoms with E-state index in [0.29, 0.717) is 22.6 Å². The Hall–Kier alpha value is -2.38. The van der Waals surface area contributed by atoms with Crippen LogP contribution in [0.2, 0.25) is 20.1 Å². The van der Waals surface area contributed by atoms with E-state index in [1.165, 1.54) is 37.4 Å². The van der Waals surface area contributed by atoms with Crippen molar-refractivity contribution in [2.75, 3.05) is 0 Å². The number of benzene rings is 1. The summed E-state index contributed by atoms with van der Waals surface area (Å²) in [7, 11) is 0. The highest BCUT2D eigenvalue weighted by atomic mass is 35.5. The third kappa shape index (κ3) is 4.91. The van der Waals surface area contributed by atoms with E-state index in [-0.39, 0.29) is 20.1 Å². The molecule has 0 amide bonds. The summed E-state index contributed by atoms with van der Waals surface area (Å²) in [5.74, 6) is 1.10. The van der Waals surface area contributed by atoms with Gasteiger partial charge in [-0.1, -0.05) is 46.4 Å². The van der Waals surface area contributed by atoms with Crippen molar-refractivity contribution in [3.63, 3.8) is 0 Å². The number of hydrogen-bond donors (Lipinski definition) is 0. The van der Waals surface area contributed by atoms with Gasteiger partial charge in [-0.25, -0.2) is 0 Å². The van der Waals surface area contributed by atoms with Crippen LogP contribution in [0.25, 0.3) is 0 Å². The molecule has 0 aliphatic heterocycles. The molecule has 0 aliphatic rings. The molecule has 0 bridgehead atoms. The van der Waals surface area contributed by atoms with Crippen LogP contribution in [0.5, 0.6) is 0 Å². The molecule has 0 saturated heterocycles. The van der Waals surface area contributed by atoms with Gasteiger partial charge in [-0.15, -0.1) is 0 Å². The molecule has 0 aliphatic carbocycles. The lowest BCUT2D eigenvalue weighted by Gasteiger charge is -2.09. The van der Waals surface area contributed by atoms with Crippen LogP contribution in [0.1, 0.15) is 22.6 Å². The molecular formula is C18H10Cl4N4O2. The van der Waals surface area contributed by atoms with Gasteiger partial charge in [0.1, 0.15) is 11.5 Å². The van der Waals surface area contributed by atoms with Gasteiger partial charge in [-0.3, -0.25) is 0 Å². The normalized spacial score (nSPS) is 12.4. The first-order valence-electron chi connectivity index (χ1n) is 7.63. The lowest BCUT2D eigenvalue weighted by molar-refractivity contribution is 0.560. The first-order chi connectivity index (χ1) is 13.6. The predicted octanol–water partition coefficient (Wildman–Crippen LogP) is 6.39. The third-order valence-corrected chi connectivity index (χ3v) is 5.06. The summed E-state index contributed by atoms with van der Waals surface area (Å²) >= 11 is 25.2. The van der Waals surface area contributed by atoms with Gasteiger partial charge in [-0.2, -0.15) is 20.4 Å². The number of nitrogens with zero attached hydrogens (tertiary/aromatic N) is 4. The van der Waals surface area contributed by atoms with Crippen LogP contribution in [0, 0.1) is 0 Å². The molecule has 0 unspecified atom stereocenters. The maximum atomic E-state index is 6.30. The molecule has 0 radical (unpaired) electrons. The monoisotopic (exact) mass is 454 g/mol. The summed E-state index contributed by atoms with van der Waals surface area (Å²) in [5, 5.41) is 16.1. The zero-order valence-corrected chi connectivity index (χ0v) is 16.9. The highest BCUT2D eigenvalue weighted by Crippen LogP contribution is 2.39. The third-order valence-electron chi connectivity index (χ3n) is 3.29. The average Bonchev–Trinajstić information content (AvgIpc) is 3.39. The molecule has 0 atom stereocenters. The van der Waals surface area contributed by atoms with E-state index in [0.717, 1.165) is 0 Å². The molecular weight excluding hydrogens is 446 g/mol. The van der Waals surface area contributed by atoms with Crippen LogP contribution in [-0.2, 0) is 0 Å². The summed E-state index contributed by atoms with van der Waals surface area (Å²) in [5.41, 5.74) is 0.650. The van der Waals surface area contributed by atoms with Crippen molar-refractivity contribution >= 4 is 71.3 Å². The molecule has 2 heterocycles. The lowest BCUT2D eigenvalue weighted by atomic mass is 10.1. The highest BCUT2D eigenvalue weighted by Gasteiger charge is 2.18. The Bertz CT molecular complexity index is 942. The molecule has 142 valence electrons. The number of rotatable bonds is 6. The Morgan fingerprint density at radius 3 is 1.25 bits per heavy atom. The van der Waals surface area contributed by atoms with Crippen LogP contribution >= 0.6 is 46.4 Å². The van der Waals surface area contributed by atoms with Crippen molar-refractivity contribution in [2.24, 2.45) is 20.4 Å². The zero-order chi connectivity index (χ0) is 19.9. The standard InChI is InChI=1S/C18H10Cl4N4O2/c19-15-13(9-25-23-7-11-3-1-5-27-11)16(20)18(22)14(17(15)21)10-26-24-8-12-4-2-6-28-12/h1-10H/b23-7-,24-8+,25-9+,26-10-. The quantitative estimate of drug-likeness (QED) is 0.245. The van der Waals surface area contributed by atoms with E-state index in [4.69, 9.17) is 55.2 Å². The largest absolute Gasteiger partial charge is 0.463 e. The Morgan fingerprint density at radius 2 is 0.929 bits per heavy atom. The topological polar surface area (TPSA) is 75.7 Å². The van der Waals surface area contributed by atoms with E-state index in [1.807, 2.05) is 0 Å². The summed E-state index contributed by atoms with van der Waals surface area (Å²) in [6.07, 6.45) is 8.60. The maximum absolute atomic E-state index is 6.30. The number of halogens is 4. The second-order valence-corrected chi connectivity index (χ2v) is 6.60. The van der Waals surface area contributed by atoms with E-state index in [1.54, 1.807) is 24.3 Å². The molecule has 3 aromatic rings. The lowest BCUT2D eigenvalue weighted by Crippen LogP contribution is -1.95. The minimum Gasteiger partial charge on any atom is -0.463 e. The van der Waals surface area contributed by atoms with E-state index >= 15 is 0 Å². The van der Waals surface area contributed by atoms with Crippen molar-refractivity contribution in [1.82, 2.24) is 0 Å². The van der Waals surface area contributed by atoms with Gasteiger partial charge < -0.3 is 8.83 Å². The first kappa shape index (κ1) is 20.4. The van der Waals surface area contributed by atoms with Gasteiger partial charge in [-0.05, 0) is 24.3 Å². The summed E-state index contributed by atoms with van der Waals surface area (Å²) < 4.78 is 10.2. The average molecular weight is 456 g/mol. The van der Waals surface area contributed by atoms with Crippen LogP contribution in [0.3, 0.4) is 0 Å². The van der Waals surface area contributed by atoms with Crippen molar-refractivity contribution in [3.8, 4) is 0 Å². The molecule has 3 rings (SSSR count). The Kier molecular flexibility index (Phi) is 7.06. The van der Waals surface area contributed by atoms with E-state index in [9.17, 15) is 0 Å². The summed E-state index contributed by atoms with van der Waals surface area (Å²) in [4.78, 5) is 0. The molecule has 10 heteroatoms.